The second-order valence-electron chi connectivity index (χ2n) is 5.24. The van der Waals surface area contributed by atoms with E-state index >= 15 is 0 Å². The maximum Gasteiger partial charge on any atom is 0.224 e. The molecule has 1 amide bonds. The molecule has 0 bridgehead atoms. The first-order valence-electron chi connectivity index (χ1n) is 6.68. The number of hydrogen-bond acceptors (Lipinski definition) is 3. The molecule has 0 aliphatic heterocycles. The van der Waals surface area contributed by atoms with Crippen LogP contribution in [0, 0.1) is 5.92 Å². The van der Waals surface area contributed by atoms with Crippen molar-refractivity contribution in [3.05, 3.63) is 35.4 Å². The molecule has 4 nitrogen and oxygen atoms in total. The minimum absolute atomic E-state index is 0.0216. The van der Waals surface area contributed by atoms with E-state index in [0.717, 1.165) is 5.56 Å². The molecule has 0 saturated heterocycles. The van der Waals surface area contributed by atoms with E-state index in [0.29, 0.717) is 24.4 Å². The third kappa shape index (κ3) is 4.17. The molecule has 1 aliphatic carbocycles. The SMILES string of the molecule is CC(=O)c1ccc(CC(=O)NCC(N)C2CC2)cc1. The van der Waals surface area contributed by atoms with Crippen LogP contribution in [-0.2, 0) is 11.2 Å². The topological polar surface area (TPSA) is 72.2 Å². The number of ketones is 1. The van der Waals surface area contributed by atoms with Crippen LogP contribution in [0.5, 0.6) is 0 Å². The molecule has 4 heteroatoms. The lowest BCUT2D eigenvalue weighted by Crippen LogP contribution is -2.39. The highest BCUT2D eigenvalue weighted by Crippen LogP contribution is 2.31. The Labute approximate surface area is 113 Å². The molecule has 102 valence electrons. The number of benzene rings is 1. The maximum atomic E-state index is 11.7. The van der Waals surface area contributed by atoms with Crippen LogP contribution in [0.3, 0.4) is 0 Å². The lowest BCUT2D eigenvalue weighted by molar-refractivity contribution is -0.120. The van der Waals surface area contributed by atoms with Crippen LogP contribution in [0.25, 0.3) is 0 Å². The van der Waals surface area contributed by atoms with Gasteiger partial charge in [-0.15, -0.1) is 0 Å². The minimum Gasteiger partial charge on any atom is -0.354 e. The fraction of sp³-hybridized carbons (Fsp3) is 0.467. The van der Waals surface area contributed by atoms with Crippen LogP contribution in [0.4, 0.5) is 0 Å². The van der Waals surface area contributed by atoms with Crippen molar-refractivity contribution in [2.45, 2.75) is 32.2 Å². The van der Waals surface area contributed by atoms with Crippen molar-refractivity contribution in [2.24, 2.45) is 11.7 Å². The van der Waals surface area contributed by atoms with E-state index < -0.39 is 0 Å². The van der Waals surface area contributed by atoms with Crippen molar-refractivity contribution in [1.29, 1.82) is 0 Å². The largest absolute Gasteiger partial charge is 0.354 e. The van der Waals surface area contributed by atoms with Crippen molar-refractivity contribution in [1.82, 2.24) is 5.32 Å². The van der Waals surface area contributed by atoms with Crippen LogP contribution < -0.4 is 11.1 Å². The van der Waals surface area contributed by atoms with Crippen molar-refractivity contribution >= 4 is 11.7 Å². The van der Waals surface area contributed by atoms with Crippen LogP contribution in [0.1, 0.15) is 35.7 Å². The van der Waals surface area contributed by atoms with E-state index in [4.69, 9.17) is 5.73 Å². The van der Waals surface area contributed by atoms with Crippen LogP contribution in [0.2, 0.25) is 0 Å². The van der Waals surface area contributed by atoms with E-state index in [-0.39, 0.29) is 17.7 Å². The maximum absolute atomic E-state index is 11.7. The zero-order valence-electron chi connectivity index (χ0n) is 11.2. The minimum atomic E-state index is -0.0216. The molecular weight excluding hydrogens is 240 g/mol. The predicted octanol–water partition coefficient (Wildman–Crippen LogP) is 1.29. The lowest BCUT2D eigenvalue weighted by atomic mass is 10.1. The smallest absolute Gasteiger partial charge is 0.224 e. The van der Waals surface area contributed by atoms with E-state index in [1.54, 1.807) is 12.1 Å². The Hall–Kier alpha value is -1.68. The summed E-state index contributed by atoms with van der Waals surface area (Å²) in [5, 5.41) is 2.86. The molecule has 19 heavy (non-hydrogen) atoms. The molecule has 1 atom stereocenters. The van der Waals surface area contributed by atoms with Gasteiger partial charge in [-0.2, -0.15) is 0 Å². The Bertz CT molecular complexity index is 464. The Morgan fingerprint density at radius 1 is 1.32 bits per heavy atom. The standard InChI is InChI=1S/C15H20N2O2/c1-10(18)12-4-2-11(3-5-12)8-15(19)17-9-14(16)13-6-7-13/h2-5,13-14H,6-9,16H2,1H3,(H,17,19). The molecule has 0 aromatic heterocycles. The normalized spacial score (nSPS) is 15.9. The van der Waals surface area contributed by atoms with Gasteiger partial charge in [-0.25, -0.2) is 0 Å². The highest BCUT2D eigenvalue weighted by atomic mass is 16.1. The molecule has 3 N–H and O–H groups in total. The number of carbonyl (C=O) groups is 2. The van der Waals surface area contributed by atoms with E-state index in [1.807, 2.05) is 12.1 Å². The second-order valence-corrected chi connectivity index (χ2v) is 5.24. The number of amides is 1. The summed E-state index contributed by atoms with van der Waals surface area (Å²) in [5.41, 5.74) is 7.49. The monoisotopic (exact) mass is 260 g/mol. The lowest BCUT2D eigenvalue weighted by Gasteiger charge is -2.11. The van der Waals surface area contributed by atoms with Gasteiger partial charge in [0.2, 0.25) is 5.91 Å². The molecule has 0 spiro atoms. The van der Waals surface area contributed by atoms with Gasteiger partial charge >= 0.3 is 0 Å². The Kier molecular flexibility index (Phi) is 4.32. The highest BCUT2D eigenvalue weighted by Gasteiger charge is 2.28. The first kappa shape index (κ1) is 13.7. The van der Waals surface area contributed by atoms with Crippen molar-refractivity contribution in [3.8, 4) is 0 Å². The number of hydrogen-bond donors (Lipinski definition) is 2. The Morgan fingerprint density at radius 3 is 2.47 bits per heavy atom. The third-order valence-corrected chi connectivity index (χ3v) is 3.49. The number of carbonyl (C=O) groups excluding carboxylic acids is 2. The Morgan fingerprint density at radius 2 is 1.95 bits per heavy atom. The zero-order chi connectivity index (χ0) is 13.8. The number of Topliss-reactive ketones (excluding diaryl/α,β-unsaturated/α-hetero) is 1. The molecule has 1 aromatic rings. The molecule has 1 unspecified atom stereocenters. The fourth-order valence-electron chi connectivity index (χ4n) is 2.03. The van der Waals surface area contributed by atoms with Gasteiger partial charge in [0, 0.05) is 18.2 Å². The third-order valence-electron chi connectivity index (χ3n) is 3.49. The zero-order valence-corrected chi connectivity index (χ0v) is 11.2. The average Bonchev–Trinajstić information content (AvgIpc) is 3.21. The summed E-state index contributed by atoms with van der Waals surface area (Å²) in [7, 11) is 0. The molecule has 0 heterocycles. The molecular formula is C15H20N2O2. The summed E-state index contributed by atoms with van der Waals surface area (Å²) in [5.74, 6) is 0.605. The van der Waals surface area contributed by atoms with Gasteiger partial charge in [-0.3, -0.25) is 9.59 Å². The molecule has 1 saturated carbocycles. The molecule has 1 fully saturated rings. The summed E-state index contributed by atoms with van der Waals surface area (Å²) in [6.45, 7) is 2.08. The van der Waals surface area contributed by atoms with Crippen molar-refractivity contribution < 1.29 is 9.59 Å². The average molecular weight is 260 g/mol. The van der Waals surface area contributed by atoms with Crippen LogP contribution in [0.15, 0.2) is 24.3 Å². The summed E-state index contributed by atoms with van der Waals surface area (Å²) in [6, 6.07) is 7.22. The van der Waals surface area contributed by atoms with Gasteiger partial charge in [0.25, 0.3) is 0 Å². The predicted molar refractivity (Wildman–Crippen MR) is 73.9 cm³/mol. The summed E-state index contributed by atoms with van der Waals surface area (Å²) in [4.78, 5) is 22.9. The summed E-state index contributed by atoms with van der Waals surface area (Å²) in [6.07, 6.45) is 2.70. The Balaban J connectivity index is 1.79. The van der Waals surface area contributed by atoms with Crippen LogP contribution >= 0.6 is 0 Å². The first-order chi connectivity index (χ1) is 9.06. The van der Waals surface area contributed by atoms with Gasteiger partial charge in [0.1, 0.15) is 0 Å². The number of nitrogens with two attached hydrogens (primary N) is 1. The molecule has 2 rings (SSSR count). The first-order valence-corrected chi connectivity index (χ1v) is 6.68. The van der Waals surface area contributed by atoms with Crippen molar-refractivity contribution in [3.63, 3.8) is 0 Å². The highest BCUT2D eigenvalue weighted by molar-refractivity contribution is 5.94. The number of rotatable bonds is 6. The molecule has 1 aliphatic rings. The van der Waals surface area contributed by atoms with Gasteiger partial charge in [0.05, 0.1) is 6.42 Å². The van der Waals surface area contributed by atoms with Gasteiger partial charge in [0.15, 0.2) is 5.78 Å². The second kappa shape index (κ2) is 5.97. The van der Waals surface area contributed by atoms with Gasteiger partial charge < -0.3 is 11.1 Å². The molecule has 1 aromatic carbocycles. The van der Waals surface area contributed by atoms with E-state index in [9.17, 15) is 9.59 Å². The van der Waals surface area contributed by atoms with Crippen LogP contribution in [-0.4, -0.2) is 24.3 Å². The summed E-state index contributed by atoms with van der Waals surface area (Å²) >= 11 is 0. The van der Waals surface area contributed by atoms with E-state index in [2.05, 4.69) is 5.32 Å². The van der Waals surface area contributed by atoms with Gasteiger partial charge in [-0.05, 0) is 31.2 Å². The quantitative estimate of drug-likeness (QED) is 0.757. The number of nitrogens with one attached hydrogen (secondary N) is 1. The van der Waals surface area contributed by atoms with Gasteiger partial charge in [-0.1, -0.05) is 24.3 Å². The summed E-state index contributed by atoms with van der Waals surface area (Å²) < 4.78 is 0. The van der Waals surface area contributed by atoms with E-state index in [1.165, 1.54) is 19.8 Å². The fourth-order valence-corrected chi connectivity index (χ4v) is 2.03. The van der Waals surface area contributed by atoms with Crippen molar-refractivity contribution in [2.75, 3.05) is 6.54 Å². The molecule has 0 radical (unpaired) electrons.